The van der Waals surface area contributed by atoms with E-state index in [9.17, 15) is 9.18 Å². The lowest BCUT2D eigenvalue weighted by Gasteiger charge is -2.41. The summed E-state index contributed by atoms with van der Waals surface area (Å²) in [7, 11) is 4.09. The molecule has 0 spiro atoms. The monoisotopic (exact) mass is 611 g/mol. The minimum absolute atomic E-state index is 0.0981. The number of aromatic nitrogens is 4. The van der Waals surface area contributed by atoms with Crippen LogP contribution < -0.4 is 5.32 Å². The molecule has 2 saturated carbocycles. The number of hydrogen-bond acceptors (Lipinski definition) is 3. The molecular formula is C39H38FN5O. The van der Waals surface area contributed by atoms with E-state index in [-0.39, 0.29) is 11.7 Å². The molecule has 3 aromatic heterocycles. The Bertz CT molecular complexity index is 2110. The molecule has 0 atom stereocenters. The van der Waals surface area contributed by atoms with Crippen LogP contribution >= 0.6 is 0 Å². The van der Waals surface area contributed by atoms with E-state index in [0.29, 0.717) is 11.5 Å². The molecule has 2 aliphatic rings. The molecule has 232 valence electrons. The van der Waals surface area contributed by atoms with Gasteiger partial charge in [0.05, 0.1) is 34.2 Å². The van der Waals surface area contributed by atoms with Gasteiger partial charge < -0.3 is 14.5 Å². The number of pyridine rings is 1. The summed E-state index contributed by atoms with van der Waals surface area (Å²) < 4.78 is 18.1. The maximum atomic E-state index is 14.0. The highest BCUT2D eigenvalue weighted by Crippen LogP contribution is 2.45. The van der Waals surface area contributed by atoms with Gasteiger partial charge in [-0.3, -0.25) is 9.78 Å². The van der Waals surface area contributed by atoms with Crippen LogP contribution in [-0.2, 0) is 19.6 Å². The van der Waals surface area contributed by atoms with Gasteiger partial charge >= 0.3 is 0 Å². The minimum atomic E-state index is -0.518. The predicted octanol–water partition coefficient (Wildman–Crippen LogP) is 8.71. The van der Waals surface area contributed by atoms with Gasteiger partial charge in [-0.15, -0.1) is 0 Å². The zero-order valence-corrected chi connectivity index (χ0v) is 26.6. The first kappa shape index (κ1) is 28.7. The smallest absolute Gasteiger partial charge is 0.252 e. The number of benzene rings is 3. The Labute approximate surface area is 268 Å². The van der Waals surface area contributed by atoms with Crippen molar-refractivity contribution in [3.8, 4) is 22.5 Å². The molecule has 0 saturated heterocycles. The average molecular weight is 612 g/mol. The van der Waals surface area contributed by atoms with Crippen LogP contribution in [0.25, 0.3) is 44.5 Å². The van der Waals surface area contributed by atoms with E-state index in [1.807, 2.05) is 19.2 Å². The fourth-order valence-corrected chi connectivity index (χ4v) is 7.83. The molecule has 46 heavy (non-hydrogen) atoms. The molecule has 0 bridgehead atoms. The molecule has 7 heteroatoms. The third kappa shape index (κ3) is 4.63. The number of carbonyl (C=O) groups excluding carboxylic acids is 1. The summed E-state index contributed by atoms with van der Waals surface area (Å²) in [6, 6.07) is 24.3. The highest BCUT2D eigenvalue weighted by atomic mass is 19.1. The summed E-state index contributed by atoms with van der Waals surface area (Å²) in [5.74, 6) is 0.879. The molecule has 3 aromatic carbocycles. The summed E-state index contributed by atoms with van der Waals surface area (Å²) in [4.78, 5) is 23.6. The fourth-order valence-electron chi connectivity index (χ4n) is 7.83. The molecule has 0 radical (unpaired) electrons. The highest BCUT2D eigenvalue weighted by molar-refractivity contribution is 6.01. The summed E-state index contributed by atoms with van der Waals surface area (Å²) in [6.45, 7) is 2.10. The zero-order chi connectivity index (χ0) is 31.6. The Hall–Kier alpha value is -4.78. The van der Waals surface area contributed by atoms with Gasteiger partial charge in [0.1, 0.15) is 11.6 Å². The quantitative estimate of drug-likeness (QED) is 0.205. The van der Waals surface area contributed by atoms with Crippen molar-refractivity contribution in [2.24, 2.45) is 14.1 Å². The second kappa shape index (κ2) is 10.9. The molecule has 1 N–H and O–H groups in total. The molecule has 2 fully saturated rings. The summed E-state index contributed by atoms with van der Waals surface area (Å²) in [5, 5.41) is 4.57. The number of carbonyl (C=O) groups is 1. The van der Waals surface area contributed by atoms with E-state index in [1.54, 1.807) is 6.07 Å². The number of nitrogens with one attached hydrogen (secondary N) is 1. The maximum absolute atomic E-state index is 14.0. The van der Waals surface area contributed by atoms with Crippen molar-refractivity contribution in [1.29, 1.82) is 0 Å². The number of hydrogen-bond donors (Lipinski definition) is 1. The predicted molar refractivity (Wildman–Crippen MR) is 181 cm³/mol. The SMILES string of the molecule is Cc1ccc(-c2ccc3nc(C4(NC(=O)c5ccc6c(C7CCCC7)c(-c7ccc(F)cn7)n(C)c6c5)CCC4)n(C)c3c2)cc1. The fraction of sp³-hybridized carbons (Fsp3) is 0.308. The third-order valence-electron chi connectivity index (χ3n) is 10.5. The molecule has 0 unspecified atom stereocenters. The Kier molecular flexibility index (Phi) is 6.82. The van der Waals surface area contributed by atoms with Crippen molar-refractivity contribution in [3.05, 3.63) is 107 Å². The molecule has 6 nitrogen and oxygen atoms in total. The molecule has 1 amide bonds. The van der Waals surface area contributed by atoms with E-state index in [0.717, 1.165) is 76.8 Å². The van der Waals surface area contributed by atoms with Gasteiger partial charge in [-0.1, -0.05) is 54.8 Å². The van der Waals surface area contributed by atoms with Crippen LogP contribution in [0.15, 0.2) is 79.0 Å². The van der Waals surface area contributed by atoms with Crippen molar-refractivity contribution in [2.75, 3.05) is 0 Å². The van der Waals surface area contributed by atoms with E-state index < -0.39 is 5.54 Å². The van der Waals surface area contributed by atoms with Gasteiger partial charge in [0.2, 0.25) is 0 Å². The normalized spacial score (nSPS) is 16.3. The number of halogens is 1. The number of imidazole rings is 1. The second-order valence-corrected chi connectivity index (χ2v) is 13.3. The summed E-state index contributed by atoms with van der Waals surface area (Å²) in [5.41, 5.74) is 9.68. The number of fused-ring (bicyclic) bond motifs is 2. The highest BCUT2D eigenvalue weighted by Gasteiger charge is 2.44. The Morgan fingerprint density at radius 1 is 0.870 bits per heavy atom. The van der Waals surface area contributed by atoms with Crippen molar-refractivity contribution >= 4 is 27.8 Å². The molecule has 8 rings (SSSR count). The van der Waals surface area contributed by atoms with Gasteiger partial charge in [0.25, 0.3) is 5.91 Å². The van der Waals surface area contributed by atoms with E-state index in [2.05, 4.69) is 81.9 Å². The van der Waals surface area contributed by atoms with Crippen LogP contribution in [0.1, 0.15) is 78.2 Å². The molecular weight excluding hydrogens is 573 g/mol. The zero-order valence-electron chi connectivity index (χ0n) is 26.6. The largest absolute Gasteiger partial charge is 0.342 e. The molecule has 0 aliphatic heterocycles. The number of nitrogens with zero attached hydrogens (tertiary/aromatic N) is 4. The van der Waals surface area contributed by atoms with Crippen molar-refractivity contribution in [2.45, 2.75) is 63.3 Å². The third-order valence-corrected chi connectivity index (χ3v) is 10.5. The standard InChI is InChI=1S/C39H38FN5O/c1-24-9-11-25(12-10-24)27-14-17-31-34(21-27)45(3)38(42-31)39(19-6-20-39)43-37(46)28-13-16-30-33(22-28)44(2)36(32-18-15-29(40)23-41-32)35(30)26-7-4-5-8-26/h9-18,21-23,26H,4-8,19-20H2,1-3H3,(H,43,46). The lowest BCUT2D eigenvalue weighted by Crippen LogP contribution is -2.52. The first-order valence-corrected chi connectivity index (χ1v) is 16.4. The van der Waals surface area contributed by atoms with Crippen molar-refractivity contribution in [1.82, 2.24) is 24.4 Å². The van der Waals surface area contributed by atoms with Gasteiger partial charge in [-0.05, 0) is 98.0 Å². The van der Waals surface area contributed by atoms with Crippen LogP contribution in [-0.4, -0.2) is 25.0 Å². The lowest BCUT2D eigenvalue weighted by molar-refractivity contribution is 0.0805. The second-order valence-electron chi connectivity index (χ2n) is 13.3. The Morgan fingerprint density at radius 3 is 2.33 bits per heavy atom. The van der Waals surface area contributed by atoms with E-state index in [4.69, 9.17) is 4.98 Å². The topological polar surface area (TPSA) is 64.7 Å². The van der Waals surface area contributed by atoms with Crippen LogP contribution in [0.5, 0.6) is 0 Å². The van der Waals surface area contributed by atoms with Crippen LogP contribution in [0, 0.1) is 12.7 Å². The number of rotatable bonds is 6. The van der Waals surface area contributed by atoms with Gasteiger partial charge in [0.15, 0.2) is 0 Å². The first-order chi connectivity index (χ1) is 22.3. The first-order valence-electron chi connectivity index (χ1n) is 16.4. The maximum Gasteiger partial charge on any atom is 0.252 e. The van der Waals surface area contributed by atoms with Crippen LogP contribution in [0.3, 0.4) is 0 Å². The summed E-state index contributed by atoms with van der Waals surface area (Å²) >= 11 is 0. The van der Waals surface area contributed by atoms with Crippen molar-refractivity contribution < 1.29 is 9.18 Å². The number of aryl methyl sites for hydroxylation is 3. The lowest BCUT2D eigenvalue weighted by atomic mass is 9.75. The number of amides is 1. The van der Waals surface area contributed by atoms with E-state index in [1.165, 1.54) is 41.8 Å². The van der Waals surface area contributed by atoms with Crippen LogP contribution in [0.2, 0.25) is 0 Å². The molecule has 3 heterocycles. The average Bonchev–Trinajstić information content (AvgIpc) is 3.77. The van der Waals surface area contributed by atoms with Gasteiger partial charge in [-0.2, -0.15) is 0 Å². The molecule has 6 aromatic rings. The van der Waals surface area contributed by atoms with Gasteiger partial charge in [-0.25, -0.2) is 9.37 Å². The van der Waals surface area contributed by atoms with E-state index >= 15 is 0 Å². The van der Waals surface area contributed by atoms with Gasteiger partial charge in [0, 0.05) is 30.6 Å². The Morgan fingerprint density at radius 2 is 1.63 bits per heavy atom. The Balaban J connectivity index is 1.15. The molecule has 2 aliphatic carbocycles. The minimum Gasteiger partial charge on any atom is -0.342 e. The van der Waals surface area contributed by atoms with Crippen LogP contribution in [0.4, 0.5) is 4.39 Å². The summed E-state index contributed by atoms with van der Waals surface area (Å²) in [6.07, 6.45) is 8.68. The van der Waals surface area contributed by atoms with Crippen molar-refractivity contribution in [3.63, 3.8) is 0 Å².